The predicted molar refractivity (Wildman–Crippen MR) is 121 cm³/mol. The van der Waals surface area contributed by atoms with E-state index in [9.17, 15) is 0 Å². The summed E-state index contributed by atoms with van der Waals surface area (Å²) in [5.41, 5.74) is 0. The Kier molecular flexibility index (Phi) is 21.4. The Morgan fingerprint density at radius 1 is 0.769 bits per heavy atom. The monoisotopic (exact) mass is 476 g/mol. The van der Waals surface area contributed by atoms with Crippen LogP contribution in [0.5, 0.6) is 0 Å². The van der Waals surface area contributed by atoms with E-state index in [1.165, 1.54) is 51.0 Å². The largest absolute Gasteiger partial charge is 0.168 e. The minimum Gasteiger partial charge on any atom is -0.168 e. The van der Waals surface area contributed by atoms with Crippen LogP contribution >= 0.6 is 24.8 Å². The van der Waals surface area contributed by atoms with Gasteiger partial charge in [-0.25, -0.2) is 19.6 Å². The first-order chi connectivity index (χ1) is 11.3. The van der Waals surface area contributed by atoms with Crippen molar-refractivity contribution in [3.05, 3.63) is 112 Å². The van der Waals surface area contributed by atoms with E-state index in [1.807, 2.05) is 0 Å². The van der Waals surface area contributed by atoms with Crippen molar-refractivity contribution in [3.63, 3.8) is 0 Å². The zero-order valence-electron chi connectivity index (χ0n) is 14.9. The molecule has 138 valence electrons. The van der Waals surface area contributed by atoms with E-state index < -0.39 is 0 Å². The minimum atomic E-state index is 0. The standard InChI is InChI=1S/2C9H7.C3H5.CH3.2ClH.Si.Zr/c2*1-2-5-9-7-3-6-8(9)4-1;1-3-2;;;;;/h2*1-7H;3H,1-2H2;1H3;2*1H;;/q4*-1;;;;. The van der Waals surface area contributed by atoms with Crippen LogP contribution in [-0.4, -0.2) is 6.88 Å². The first-order valence-corrected chi connectivity index (χ1v) is 11.4. The molecule has 0 aliphatic rings. The number of rotatable bonds is 0. The molecule has 0 atom stereocenters. The summed E-state index contributed by atoms with van der Waals surface area (Å²) >= 11 is 1.36. The van der Waals surface area contributed by atoms with Gasteiger partial charge < -0.3 is 7.43 Å². The van der Waals surface area contributed by atoms with Crippen LogP contribution < -0.4 is 0 Å². The minimum absolute atomic E-state index is 0. The van der Waals surface area contributed by atoms with Gasteiger partial charge in [-0.2, -0.15) is 35.0 Å². The van der Waals surface area contributed by atoms with Gasteiger partial charge in [-0.05, 0) is 0 Å². The number of hydrogen-bond acceptors (Lipinski definition) is 0. The number of halogens is 2. The third-order valence-corrected chi connectivity index (χ3v) is 3.10. The van der Waals surface area contributed by atoms with Crippen LogP contribution in [0.2, 0.25) is 0 Å². The summed E-state index contributed by atoms with van der Waals surface area (Å²) < 4.78 is 0. The molecule has 0 spiro atoms. The molecule has 0 N–H and O–H groups in total. The maximum atomic E-state index is 3.25. The molecule has 4 aromatic carbocycles. The van der Waals surface area contributed by atoms with E-state index in [-0.39, 0.29) is 32.2 Å². The smallest absolute Gasteiger partial charge is 0.0809 e. The fourth-order valence-corrected chi connectivity index (χ4v) is 2.14. The van der Waals surface area contributed by atoms with E-state index >= 15 is 0 Å². The summed E-state index contributed by atoms with van der Waals surface area (Å²) in [6.07, 6.45) is 1.50. The van der Waals surface area contributed by atoms with Gasteiger partial charge in [0.05, 0.1) is 0 Å². The number of hydrogen-bond donors (Lipinski definition) is 0. The molecule has 4 heteroatoms. The number of benzene rings is 2. The first-order valence-electron chi connectivity index (χ1n) is 7.21. The Hall–Kier alpha value is -1.05. The van der Waals surface area contributed by atoms with Gasteiger partial charge in [-0.15, -0.1) is 84.1 Å². The molecular formula is C22H24Cl2SiZr-4. The van der Waals surface area contributed by atoms with E-state index in [2.05, 4.69) is 105 Å². The summed E-state index contributed by atoms with van der Waals surface area (Å²) in [6.45, 7) is 9.56. The van der Waals surface area contributed by atoms with E-state index in [0.29, 0.717) is 0 Å². The number of allylic oxidation sites excluding steroid dienone is 1. The van der Waals surface area contributed by atoms with Gasteiger partial charge in [0, 0.05) is 0 Å². The normalized spacial score (nSPS) is 7.65. The molecule has 0 nitrogen and oxygen atoms in total. The van der Waals surface area contributed by atoms with E-state index in [0.717, 1.165) is 0 Å². The fourth-order valence-electron chi connectivity index (χ4n) is 2.14. The van der Waals surface area contributed by atoms with Crippen molar-refractivity contribution < 1.29 is 23.3 Å². The fraction of sp³-hybridized carbons (Fsp3) is 0. The molecule has 0 aromatic heterocycles. The Labute approximate surface area is 187 Å². The van der Waals surface area contributed by atoms with Gasteiger partial charge >= 0.3 is 30.2 Å². The molecular weight excluding hydrogens is 454 g/mol. The molecule has 26 heavy (non-hydrogen) atoms. The molecule has 0 unspecified atom stereocenters. The molecule has 0 saturated heterocycles. The van der Waals surface area contributed by atoms with Crippen molar-refractivity contribution in [3.8, 4) is 0 Å². The summed E-state index contributed by atoms with van der Waals surface area (Å²) in [7, 11) is 0. The van der Waals surface area contributed by atoms with Crippen LogP contribution in [-0.2, 0) is 23.3 Å². The quantitative estimate of drug-likeness (QED) is 0.188. The summed E-state index contributed by atoms with van der Waals surface area (Å²) in [6, 6.07) is 29.3. The van der Waals surface area contributed by atoms with Gasteiger partial charge in [0.1, 0.15) is 0 Å². The van der Waals surface area contributed by atoms with E-state index in [1.54, 1.807) is 0 Å². The average Bonchev–Trinajstić information content (AvgIpc) is 3.27. The Morgan fingerprint density at radius 3 is 1.38 bits per heavy atom. The molecule has 2 radical (unpaired) electrons. The molecule has 0 aliphatic carbocycles. The first kappa shape index (κ1) is 29.7. The average molecular weight is 479 g/mol. The van der Waals surface area contributed by atoms with Gasteiger partial charge in [0.25, 0.3) is 0 Å². The predicted octanol–water partition coefficient (Wildman–Crippen LogP) is 7.03. The molecule has 0 amide bonds. The van der Waals surface area contributed by atoms with Crippen LogP contribution in [0.4, 0.5) is 0 Å². The maximum Gasteiger partial charge on any atom is -0.0809 e. The second-order valence-corrected chi connectivity index (χ2v) is 4.60. The van der Waals surface area contributed by atoms with Crippen molar-refractivity contribution in [1.29, 1.82) is 0 Å². The van der Waals surface area contributed by atoms with Crippen LogP contribution in [0.15, 0.2) is 97.6 Å². The Morgan fingerprint density at radius 2 is 1.08 bits per heavy atom. The SMILES string of the molecule is C=C[CH2-].Cl.Cl.[CH3-].[Si]=[Zr].c1ccc2[cH-]ccc2c1.c1ccc2[cH-]ccc2c1. The summed E-state index contributed by atoms with van der Waals surface area (Å²) in [4.78, 5) is 0. The molecule has 0 heterocycles. The van der Waals surface area contributed by atoms with Crippen LogP contribution in [0, 0.1) is 14.4 Å². The molecule has 4 rings (SSSR count). The molecule has 0 saturated carbocycles. The van der Waals surface area contributed by atoms with Crippen molar-refractivity contribution >= 4 is 53.2 Å². The topological polar surface area (TPSA) is 0 Å². The summed E-state index contributed by atoms with van der Waals surface area (Å²) in [5, 5.41) is 5.32. The third-order valence-electron chi connectivity index (χ3n) is 3.10. The third kappa shape index (κ3) is 10.2. The van der Waals surface area contributed by atoms with Gasteiger partial charge in [0.2, 0.25) is 0 Å². The molecule has 0 aliphatic heterocycles. The zero-order valence-corrected chi connectivity index (χ0v) is 20.0. The van der Waals surface area contributed by atoms with E-state index in [4.69, 9.17) is 0 Å². The van der Waals surface area contributed by atoms with Crippen LogP contribution in [0.25, 0.3) is 21.5 Å². The molecule has 4 aromatic rings. The van der Waals surface area contributed by atoms with Crippen molar-refractivity contribution in [2.45, 2.75) is 0 Å². The second kappa shape index (κ2) is 18.7. The maximum absolute atomic E-state index is 3.25. The molecule has 0 fully saturated rings. The Bertz CT molecular complexity index is 694. The van der Waals surface area contributed by atoms with Gasteiger partial charge in [-0.1, -0.05) is 12.1 Å². The zero-order chi connectivity index (χ0) is 16.9. The van der Waals surface area contributed by atoms with Crippen molar-refractivity contribution in [2.24, 2.45) is 0 Å². The summed E-state index contributed by atoms with van der Waals surface area (Å²) in [5.74, 6) is 0. The Balaban J connectivity index is -0.000000300. The number of fused-ring (bicyclic) bond motifs is 2. The van der Waals surface area contributed by atoms with Crippen LogP contribution in [0.3, 0.4) is 0 Å². The van der Waals surface area contributed by atoms with Gasteiger partial charge in [0.15, 0.2) is 0 Å². The molecule has 0 bridgehead atoms. The second-order valence-electron chi connectivity index (χ2n) is 4.60. The van der Waals surface area contributed by atoms with Gasteiger partial charge in [-0.3, -0.25) is 0 Å². The van der Waals surface area contributed by atoms with Crippen molar-refractivity contribution in [1.82, 2.24) is 0 Å². The van der Waals surface area contributed by atoms with Crippen molar-refractivity contribution in [2.75, 3.05) is 0 Å². The van der Waals surface area contributed by atoms with Crippen LogP contribution in [0.1, 0.15) is 0 Å².